The smallest absolute Gasteiger partial charge is 0.226 e. The molecule has 5 nitrogen and oxygen atoms in total. The van der Waals surface area contributed by atoms with Crippen molar-refractivity contribution >= 4 is 40.3 Å². The molecule has 1 fully saturated rings. The molecule has 2 N–H and O–H groups in total. The van der Waals surface area contributed by atoms with Crippen LogP contribution in [0, 0.1) is 13.8 Å². The first-order chi connectivity index (χ1) is 14.5. The summed E-state index contributed by atoms with van der Waals surface area (Å²) in [5.74, 6) is -0.0190. The Morgan fingerprint density at radius 3 is 2.67 bits per heavy atom. The minimum absolute atomic E-state index is 0.0114. The van der Waals surface area contributed by atoms with Crippen molar-refractivity contribution < 1.29 is 4.79 Å². The first kappa shape index (κ1) is 20.5. The Hall–Kier alpha value is -2.77. The highest BCUT2D eigenvalue weighted by atomic mass is 32.1. The summed E-state index contributed by atoms with van der Waals surface area (Å²) in [6.45, 7) is 4.63. The molecule has 2 unspecified atom stereocenters. The van der Waals surface area contributed by atoms with Crippen LogP contribution in [-0.2, 0) is 4.79 Å². The van der Waals surface area contributed by atoms with Crippen LogP contribution in [0.1, 0.15) is 39.5 Å². The van der Waals surface area contributed by atoms with Crippen LogP contribution in [0.4, 0.5) is 5.69 Å². The number of thiophene rings is 1. The number of carbonyl (C=O) groups is 1. The number of amides is 1. The molecule has 1 saturated heterocycles. The van der Waals surface area contributed by atoms with Gasteiger partial charge < -0.3 is 15.5 Å². The van der Waals surface area contributed by atoms with Gasteiger partial charge in [-0.3, -0.25) is 9.78 Å². The van der Waals surface area contributed by atoms with Crippen molar-refractivity contribution in [2.45, 2.75) is 32.4 Å². The lowest BCUT2D eigenvalue weighted by Gasteiger charge is -2.26. The molecule has 4 rings (SSSR count). The monoisotopic (exact) mass is 436 g/mol. The summed E-state index contributed by atoms with van der Waals surface area (Å²) < 4.78 is 0. The lowest BCUT2D eigenvalue weighted by atomic mass is 10.0. The molecule has 0 bridgehead atoms. The Balaban J connectivity index is 1.52. The summed E-state index contributed by atoms with van der Waals surface area (Å²) in [5.41, 5.74) is 2.84. The molecule has 3 heterocycles. The van der Waals surface area contributed by atoms with Gasteiger partial charge in [0, 0.05) is 34.6 Å². The van der Waals surface area contributed by atoms with Gasteiger partial charge in [-0.25, -0.2) is 0 Å². The maximum atomic E-state index is 12.6. The normalized spacial score (nSPS) is 18.3. The molecular weight excluding hydrogens is 412 g/mol. The number of thiocarbonyl (C=S) groups is 1. The number of aryl methyl sites for hydroxylation is 2. The molecule has 30 heavy (non-hydrogen) atoms. The lowest BCUT2D eigenvalue weighted by Crippen LogP contribution is -2.32. The molecule has 1 aromatic carbocycles. The van der Waals surface area contributed by atoms with Gasteiger partial charge in [0.05, 0.1) is 17.8 Å². The van der Waals surface area contributed by atoms with Gasteiger partial charge in [0.2, 0.25) is 5.91 Å². The van der Waals surface area contributed by atoms with Crippen molar-refractivity contribution in [3.63, 3.8) is 0 Å². The van der Waals surface area contributed by atoms with Gasteiger partial charge in [0.15, 0.2) is 5.11 Å². The Labute approximate surface area is 186 Å². The molecule has 0 saturated carbocycles. The van der Waals surface area contributed by atoms with Gasteiger partial charge in [-0.2, -0.15) is 0 Å². The standard InChI is InChI=1S/C23H24N4OS2/c1-15-7-3-4-8-17(15)25-20(28)12-14-27-22(19-11-10-16(2)30-19)21(26-23(27)29)18-9-5-6-13-24-18/h3-11,13,21-22H,12,14H2,1-2H3,(H,25,28)(H,26,29). The number of aromatic nitrogens is 1. The molecule has 0 spiro atoms. The lowest BCUT2D eigenvalue weighted by molar-refractivity contribution is -0.116. The molecule has 1 amide bonds. The van der Waals surface area contributed by atoms with Crippen molar-refractivity contribution in [2.75, 3.05) is 11.9 Å². The predicted molar refractivity (Wildman–Crippen MR) is 126 cm³/mol. The summed E-state index contributed by atoms with van der Waals surface area (Å²) >= 11 is 7.42. The number of pyridine rings is 1. The Morgan fingerprint density at radius 1 is 1.17 bits per heavy atom. The number of hydrogen-bond acceptors (Lipinski definition) is 4. The zero-order valence-electron chi connectivity index (χ0n) is 17.0. The van der Waals surface area contributed by atoms with E-state index in [9.17, 15) is 4.79 Å². The van der Waals surface area contributed by atoms with Gasteiger partial charge in [-0.1, -0.05) is 24.3 Å². The van der Waals surface area contributed by atoms with Gasteiger partial charge in [0.1, 0.15) is 0 Å². The number of benzene rings is 1. The highest BCUT2D eigenvalue weighted by Crippen LogP contribution is 2.41. The molecule has 2 aromatic heterocycles. The van der Waals surface area contributed by atoms with E-state index in [1.165, 1.54) is 9.75 Å². The Bertz CT molecular complexity index is 1050. The van der Waals surface area contributed by atoms with Gasteiger partial charge in [0.25, 0.3) is 0 Å². The van der Waals surface area contributed by atoms with Crippen LogP contribution in [-0.4, -0.2) is 27.4 Å². The molecule has 0 aliphatic carbocycles. The number of nitrogens with one attached hydrogen (secondary N) is 2. The quantitative estimate of drug-likeness (QED) is 0.546. The molecule has 1 aliphatic heterocycles. The highest BCUT2D eigenvalue weighted by Gasteiger charge is 2.40. The number of rotatable bonds is 6. The SMILES string of the molecule is Cc1ccc(C2C(c3ccccn3)NC(=S)N2CCC(=O)Nc2ccccc2C)s1. The van der Waals surface area contributed by atoms with E-state index in [0.717, 1.165) is 16.9 Å². The third kappa shape index (κ3) is 4.37. The van der Waals surface area contributed by atoms with Crippen molar-refractivity contribution in [3.05, 3.63) is 81.8 Å². The van der Waals surface area contributed by atoms with E-state index in [2.05, 4.69) is 39.6 Å². The average molecular weight is 437 g/mol. The van der Waals surface area contributed by atoms with Gasteiger partial charge in [-0.05, 0) is 62.0 Å². The highest BCUT2D eigenvalue weighted by molar-refractivity contribution is 7.80. The van der Waals surface area contributed by atoms with Crippen LogP contribution in [0.15, 0.2) is 60.8 Å². The van der Waals surface area contributed by atoms with Crippen LogP contribution in [0.3, 0.4) is 0 Å². The zero-order chi connectivity index (χ0) is 21.1. The summed E-state index contributed by atoms with van der Waals surface area (Å²) in [6, 6.07) is 18.0. The van der Waals surface area contributed by atoms with Crippen LogP contribution in [0.25, 0.3) is 0 Å². The molecular formula is C23H24N4OS2. The number of hydrogen-bond donors (Lipinski definition) is 2. The Kier molecular flexibility index (Phi) is 6.11. The second-order valence-electron chi connectivity index (χ2n) is 7.38. The fourth-order valence-electron chi connectivity index (χ4n) is 3.72. The summed E-state index contributed by atoms with van der Waals surface area (Å²) in [7, 11) is 0. The van der Waals surface area contributed by atoms with Crippen LogP contribution in [0.2, 0.25) is 0 Å². The number of nitrogens with zero attached hydrogens (tertiary/aromatic N) is 2. The maximum Gasteiger partial charge on any atom is 0.226 e. The molecule has 154 valence electrons. The third-order valence-corrected chi connectivity index (χ3v) is 6.67. The largest absolute Gasteiger partial charge is 0.352 e. The topological polar surface area (TPSA) is 57.3 Å². The van der Waals surface area contributed by atoms with Crippen LogP contribution < -0.4 is 10.6 Å². The molecule has 2 atom stereocenters. The van der Waals surface area contributed by atoms with Crippen LogP contribution in [0.5, 0.6) is 0 Å². The van der Waals surface area contributed by atoms with Crippen molar-refractivity contribution in [2.24, 2.45) is 0 Å². The van der Waals surface area contributed by atoms with Crippen LogP contribution >= 0.6 is 23.6 Å². The molecule has 7 heteroatoms. The van der Waals surface area contributed by atoms with E-state index < -0.39 is 0 Å². The predicted octanol–water partition coefficient (Wildman–Crippen LogP) is 4.76. The van der Waals surface area contributed by atoms with E-state index in [1.54, 1.807) is 17.5 Å². The van der Waals surface area contributed by atoms with Crippen molar-refractivity contribution in [3.8, 4) is 0 Å². The second-order valence-corrected chi connectivity index (χ2v) is 9.09. The van der Waals surface area contributed by atoms with E-state index >= 15 is 0 Å². The minimum atomic E-state index is -0.0452. The zero-order valence-corrected chi connectivity index (χ0v) is 18.6. The summed E-state index contributed by atoms with van der Waals surface area (Å²) in [5, 5.41) is 7.10. The average Bonchev–Trinajstić information content (AvgIpc) is 3.31. The molecule has 3 aromatic rings. The van der Waals surface area contributed by atoms with Gasteiger partial charge >= 0.3 is 0 Å². The maximum absolute atomic E-state index is 12.6. The number of para-hydroxylation sites is 1. The fourth-order valence-corrected chi connectivity index (χ4v) is 5.08. The second kappa shape index (κ2) is 8.93. The van der Waals surface area contributed by atoms with E-state index in [-0.39, 0.29) is 18.0 Å². The van der Waals surface area contributed by atoms with E-state index in [1.807, 2.05) is 49.4 Å². The Morgan fingerprint density at radius 2 is 1.97 bits per heavy atom. The third-order valence-electron chi connectivity index (χ3n) is 5.25. The van der Waals surface area contributed by atoms with Crippen molar-refractivity contribution in [1.29, 1.82) is 0 Å². The van der Waals surface area contributed by atoms with E-state index in [4.69, 9.17) is 12.2 Å². The summed E-state index contributed by atoms with van der Waals surface area (Å²) in [4.78, 5) is 21.8. The van der Waals surface area contributed by atoms with E-state index in [0.29, 0.717) is 18.1 Å². The fraction of sp³-hybridized carbons (Fsp3) is 0.261. The summed E-state index contributed by atoms with van der Waals surface area (Å²) in [6.07, 6.45) is 2.15. The minimum Gasteiger partial charge on any atom is -0.352 e. The number of carbonyl (C=O) groups excluding carboxylic acids is 1. The first-order valence-corrected chi connectivity index (χ1v) is 11.2. The first-order valence-electron chi connectivity index (χ1n) is 9.93. The molecule has 1 aliphatic rings. The molecule has 0 radical (unpaired) electrons. The number of anilines is 1. The van der Waals surface area contributed by atoms with Gasteiger partial charge in [-0.15, -0.1) is 11.3 Å². The van der Waals surface area contributed by atoms with Crippen molar-refractivity contribution in [1.82, 2.24) is 15.2 Å².